The standard InChI is InChI=1S/C9H12ClN3O2/c1-6(5-14)12-9(15)13-8-2-7(10)3-11-4-8/h2-4,6,14H,5H2,1H3,(H2,12,13,15)/t6-/m0/s1. The summed E-state index contributed by atoms with van der Waals surface area (Å²) in [4.78, 5) is 15.1. The van der Waals surface area contributed by atoms with Crippen molar-refractivity contribution in [2.24, 2.45) is 0 Å². The van der Waals surface area contributed by atoms with Crippen LogP contribution in [0.1, 0.15) is 6.92 Å². The maximum absolute atomic E-state index is 11.3. The number of aromatic nitrogens is 1. The third kappa shape index (κ3) is 4.14. The van der Waals surface area contributed by atoms with Crippen molar-refractivity contribution in [2.75, 3.05) is 11.9 Å². The van der Waals surface area contributed by atoms with Crippen LogP contribution in [0.15, 0.2) is 18.5 Å². The van der Waals surface area contributed by atoms with Crippen molar-refractivity contribution in [3.05, 3.63) is 23.5 Å². The Balaban J connectivity index is 2.51. The van der Waals surface area contributed by atoms with Gasteiger partial charge in [-0.3, -0.25) is 4.98 Å². The van der Waals surface area contributed by atoms with Gasteiger partial charge in [0.15, 0.2) is 0 Å². The van der Waals surface area contributed by atoms with Gasteiger partial charge in [0, 0.05) is 6.20 Å². The number of anilines is 1. The van der Waals surface area contributed by atoms with Crippen molar-refractivity contribution in [3.63, 3.8) is 0 Å². The smallest absolute Gasteiger partial charge is 0.319 e. The number of nitrogens with one attached hydrogen (secondary N) is 2. The Morgan fingerprint density at radius 3 is 3.00 bits per heavy atom. The van der Waals surface area contributed by atoms with Crippen molar-refractivity contribution < 1.29 is 9.90 Å². The first-order valence-corrected chi connectivity index (χ1v) is 4.78. The van der Waals surface area contributed by atoms with E-state index >= 15 is 0 Å². The Bertz CT molecular complexity index is 346. The number of aliphatic hydroxyl groups is 1. The summed E-state index contributed by atoms with van der Waals surface area (Å²) in [7, 11) is 0. The molecule has 82 valence electrons. The fourth-order valence-corrected chi connectivity index (χ4v) is 1.09. The second-order valence-electron chi connectivity index (χ2n) is 3.07. The van der Waals surface area contributed by atoms with Crippen LogP contribution in [0.5, 0.6) is 0 Å². The van der Waals surface area contributed by atoms with Gasteiger partial charge in [-0.1, -0.05) is 11.6 Å². The summed E-state index contributed by atoms with van der Waals surface area (Å²) in [5.41, 5.74) is 0.505. The van der Waals surface area contributed by atoms with Crippen LogP contribution in [0.4, 0.5) is 10.5 Å². The van der Waals surface area contributed by atoms with Crippen LogP contribution in [0.3, 0.4) is 0 Å². The predicted molar refractivity (Wildman–Crippen MR) is 57.9 cm³/mol. The molecule has 2 amide bonds. The molecule has 0 aromatic carbocycles. The molecular formula is C9H12ClN3O2. The lowest BCUT2D eigenvalue weighted by molar-refractivity contribution is 0.229. The fraction of sp³-hybridized carbons (Fsp3) is 0.333. The summed E-state index contributed by atoms with van der Waals surface area (Å²) in [5.74, 6) is 0. The molecular weight excluding hydrogens is 218 g/mol. The van der Waals surface area contributed by atoms with E-state index in [1.165, 1.54) is 12.4 Å². The van der Waals surface area contributed by atoms with E-state index in [2.05, 4.69) is 15.6 Å². The molecule has 0 radical (unpaired) electrons. The average molecular weight is 230 g/mol. The Kier molecular flexibility index (Phi) is 4.33. The summed E-state index contributed by atoms with van der Waals surface area (Å²) in [6.07, 6.45) is 2.95. The van der Waals surface area contributed by atoms with Gasteiger partial charge in [0.25, 0.3) is 0 Å². The maximum atomic E-state index is 11.3. The molecule has 1 aromatic heterocycles. The lowest BCUT2D eigenvalue weighted by Crippen LogP contribution is -2.38. The quantitative estimate of drug-likeness (QED) is 0.730. The molecule has 1 heterocycles. The number of hydrogen-bond donors (Lipinski definition) is 3. The van der Waals surface area contributed by atoms with E-state index in [1.54, 1.807) is 13.0 Å². The second-order valence-corrected chi connectivity index (χ2v) is 3.51. The molecule has 0 unspecified atom stereocenters. The molecule has 1 rings (SSSR count). The molecule has 0 spiro atoms. The van der Waals surface area contributed by atoms with Gasteiger partial charge < -0.3 is 15.7 Å². The molecule has 3 N–H and O–H groups in total. The van der Waals surface area contributed by atoms with E-state index in [4.69, 9.17) is 16.7 Å². The number of carbonyl (C=O) groups is 1. The summed E-state index contributed by atoms with van der Waals surface area (Å²) in [6, 6.07) is 0.885. The predicted octanol–water partition coefficient (Wildman–Crippen LogP) is 1.24. The van der Waals surface area contributed by atoms with E-state index in [-0.39, 0.29) is 12.6 Å². The zero-order valence-corrected chi connectivity index (χ0v) is 8.95. The number of pyridine rings is 1. The number of carbonyl (C=O) groups excluding carboxylic acids is 1. The molecule has 1 aromatic rings. The Morgan fingerprint density at radius 2 is 2.40 bits per heavy atom. The first-order valence-electron chi connectivity index (χ1n) is 4.40. The average Bonchev–Trinajstić information content (AvgIpc) is 2.17. The first-order chi connectivity index (χ1) is 7.11. The largest absolute Gasteiger partial charge is 0.394 e. The lowest BCUT2D eigenvalue weighted by atomic mass is 10.4. The number of rotatable bonds is 3. The monoisotopic (exact) mass is 229 g/mol. The molecule has 0 saturated carbocycles. The molecule has 0 aliphatic rings. The van der Waals surface area contributed by atoms with E-state index in [0.717, 1.165) is 0 Å². The maximum Gasteiger partial charge on any atom is 0.319 e. The molecule has 0 aliphatic heterocycles. The van der Waals surface area contributed by atoms with Crippen LogP contribution in [-0.4, -0.2) is 28.8 Å². The van der Waals surface area contributed by atoms with Crippen molar-refractivity contribution in [1.82, 2.24) is 10.3 Å². The van der Waals surface area contributed by atoms with Gasteiger partial charge in [-0.2, -0.15) is 0 Å². The van der Waals surface area contributed by atoms with Gasteiger partial charge in [-0.05, 0) is 13.0 Å². The number of hydrogen-bond acceptors (Lipinski definition) is 3. The molecule has 5 nitrogen and oxygen atoms in total. The minimum Gasteiger partial charge on any atom is -0.394 e. The minimum atomic E-state index is -0.402. The molecule has 6 heteroatoms. The van der Waals surface area contributed by atoms with Crippen LogP contribution in [0.2, 0.25) is 5.02 Å². The van der Waals surface area contributed by atoms with Crippen molar-refractivity contribution in [2.45, 2.75) is 13.0 Å². The number of aliphatic hydroxyl groups excluding tert-OH is 1. The second kappa shape index (κ2) is 5.53. The molecule has 0 aliphatic carbocycles. The van der Waals surface area contributed by atoms with Gasteiger partial charge >= 0.3 is 6.03 Å². The first kappa shape index (κ1) is 11.7. The highest BCUT2D eigenvalue weighted by Gasteiger charge is 2.06. The van der Waals surface area contributed by atoms with E-state index in [0.29, 0.717) is 10.7 Å². The van der Waals surface area contributed by atoms with Crippen molar-refractivity contribution in [3.8, 4) is 0 Å². The SMILES string of the molecule is C[C@@H](CO)NC(=O)Nc1cncc(Cl)c1. The highest BCUT2D eigenvalue weighted by molar-refractivity contribution is 6.30. The minimum absolute atomic E-state index is 0.110. The van der Waals surface area contributed by atoms with Gasteiger partial charge in [-0.25, -0.2) is 4.79 Å². The van der Waals surface area contributed by atoms with E-state index in [1.807, 2.05) is 0 Å². The van der Waals surface area contributed by atoms with Gasteiger partial charge in [0.05, 0.1) is 29.6 Å². The van der Waals surface area contributed by atoms with Gasteiger partial charge in [0.1, 0.15) is 0 Å². The zero-order valence-electron chi connectivity index (χ0n) is 8.20. The summed E-state index contributed by atoms with van der Waals surface area (Å²) >= 11 is 5.69. The molecule has 15 heavy (non-hydrogen) atoms. The highest BCUT2D eigenvalue weighted by atomic mass is 35.5. The third-order valence-corrected chi connectivity index (χ3v) is 1.82. The number of nitrogens with zero attached hydrogens (tertiary/aromatic N) is 1. The van der Waals surface area contributed by atoms with E-state index < -0.39 is 6.03 Å². The Hall–Kier alpha value is -1.33. The lowest BCUT2D eigenvalue weighted by Gasteiger charge is -2.11. The van der Waals surface area contributed by atoms with Crippen LogP contribution in [0, 0.1) is 0 Å². The molecule has 1 atom stereocenters. The van der Waals surface area contributed by atoms with E-state index in [9.17, 15) is 4.79 Å². The zero-order chi connectivity index (χ0) is 11.3. The number of urea groups is 1. The summed E-state index contributed by atoms with van der Waals surface area (Å²) < 4.78 is 0. The molecule has 0 bridgehead atoms. The van der Waals surface area contributed by atoms with Crippen LogP contribution >= 0.6 is 11.6 Å². The fourth-order valence-electron chi connectivity index (χ4n) is 0.917. The normalized spacial score (nSPS) is 11.9. The van der Waals surface area contributed by atoms with Crippen LogP contribution in [-0.2, 0) is 0 Å². The van der Waals surface area contributed by atoms with Crippen molar-refractivity contribution >= 4 is 23.3 Å². The molecule has 0 fully saturated rings. The van der Waals surface area contributed by atoms with Gasteiger partial charge in [-0.15, -0.1) is 0 Å². The van der Waals surface area contributed by atoms with Gasteiger partial charge in [0.2, 0.25) is 0 Å². The van der Waals surface area contributed by atoms with Crippen LogP contribution < -0.4 is 10.6 Å². The summed E-state index contributed by atoms with van der Waals surface area (Å²) in [6.45, 7) is 1.58. The Labute approximate surface area is 92.5 Å². The third-order valence-electron chi connectivity index (χ3n) is 1.61. The Morgan fingerprint density at radius 1 is 1.67 bits per heavy atom. The highest BCUT2D eigenvalue weighted by Crippen LogP contribution is 2.12. The number of amides is 2. The number of halogens is 1. The summed E-state index contributed by atoms with van der Waals surface area (Å²) in [5, 5.41) is 14.2. The van der Waals surface area contributed by atoms with Crippen LogP contribution in [0.25, 0.3) is 0 Å². The topological polar surface area (TPSA) is 74.2 Å². The van der Waals surface area contributed by atoms with Crippen molar-refractivity contribution in [1.29, 1.82) is 0 Å². The molecule has 0 saturated heterocycles.